The minimum atomic E-state index is -0.0641. The van der Waals surface area contributed by atoms with Gasteiger partial charge in [-0.25, -0.2) is 0 Å². The molecule has 2 fully saturated rings. The zero-order valence-corrected chi connectivity index (χ0v) is 15.6. The van der Waals surface area contributed by atoms with E-state index in [0.717, 1.165) is 12.8 Å². The number of halogens is 1. The Morgan fingerprint density at radius 1 is 1.36 bits per heavy atom. The van der Waals surface area contributed by atoms with Gasteiger partial charge in [0.1, 0.15) is 0 Å². The third-order valence-electron chi connectivity index (χ3n) is 5.23. The number of piperidine rings is 1. The Labute approximate surface area is 146 Å². The lowest BCUT2D eigenvalue weighted by Gasteiger charge is -2.36. The minimum Gasteiger partial charge on any atom is -0.469 e. The summed E-state index contributed by atoms with van der Waals surface area (Å²) in [5.41, 5.74) is 2.68. The van der Waals surface area contributed by atoms with Crippen LogP contribution in [-0.4, -0.2) is 25.2 Å². The molecule has 22 heavy (non-hydrogen) atoms. The van der Waals surface area contributed by atoms with Gasteiger partial charge in [0.15, 0.2) is 0 Å². The molecule has 0 unspecified atom stereocenters. The maximum Gasteiger partial charge on any atom is 0.310 e. The predicted octanol–water partition coefficient (Wildman–Crippen LogP) is 3.81. The Morgan fingerprint density at radius 2 is 2.14 bits per heavy atom. The highest BCUT2D eigenvalue weighted by molar-refractivity contribution is 14.1. The first-order valence-corrected chi connectivity index (χ1v) is 9.22. The van der Waals surface area contributed by atoms with Crippen molar-refractivity contribution in [3.8, 4) is 0 Å². The molecule has 0 radical (unpaired) electrons. The molecule has 2 saturated heterocycles. The highest BCUT2D eigenvalue weighted by Gasteiger charge is 2.46. The van der Waals surface area contributed by atoms with Crippen LogP contribution in [0.25, 0.3) is 0 Å². The standard InChI is InChI=1S/C18H24INO2/c1-10(2)13-6-4-11(8-15(13)19)14-9-12-5-7-16(20-12)17(14)18(21)22-3/h4,6,8,10,12,14,16-17,20H,5,7,9H2,1-3H3/t12-,14+,16+,17-/m0/s1/i3-1. The van der Waals surface area contributed by atoms with Crippen molar-refractivity contribution in [1.29, 1.82) is 0 Å². The molecule has 4 atom stereocenters. The maximum absolute atomic E-state index is 12.3. The van der Waals surface area contributed by atoms with Gasteiger partial charge >= 0.3 is 5.97 Å². The predicted molar refractivity (Wildman–Crippen MR) is 96.1 cm³/mol. The molecule has 1 aromatic carbocycles. The Balaban J connectivity index is 1.94. The van der Waals surface area contributed by atoms with E-state index < -0.39 is 0 Å². The monoisotopic (exact) mass is 412 g/mol. The molecule has 1 aromatic rings. The van der Waals surface area contributed by atoms with E-state index in [9.17, 15) is 4.79 Å². The van der Waals surface area contributed by atoms with E-state index in [1.165, 1.54) is 28.2 Å². The molecule has 3 rings (SSSR count). The van der Waals surface area contributed by atoms with E-state index in [1.54, 1.807) is 0 Å². The number of hydrogen-bond donors (Lipinski definition) is 1. The second-order valence-electron chi connectivity index (χ2n) is 6.87. The summed E-state index contributed by atoms with van der Waals surface area (Å²) >= 11 is 2.43. The SMILES string of the molecule is CC(C)c1ccc([C@H]2C[C@@H]3CC[C@@H](N3)[C@H]2C(=O)O[11CH3])cc1I. The first-order valence-electron chi connectivity index (χ1n) is 8.14. The van der Waals surface area contributed by atoms with Gasteiger partial charge in [0.2, 0.25) is 0 Å². The fraction of sp³-hybridized carbons (Fsp3) is 0.611. The van der Waals surface area contributed by atoms with E-state index in [2.05, 4.69) is 60.0 Å². The number of esters is 1. The van der Waals surface area contributed by atoms with Gasteiger partial charge in [-0.05, 0) is 65.0 Å². The zero-order chi connectivity index (χ0) is 15.9. The lowest BCUT2D eigenvalue weighted by Crippen LogP contribution is -2.48. The number of ether oxygens (including phenoxy) is 1. The molecular weight excluding hydrogens is 388 g/mol. The fourth-order valence-corrected chi connectivity index (χ4v) is 5.27. The van der Waals surface area contributed by atoms with E-state index in [-0.39, 0.29) is 23.8 Å². The number of nitrogens with one attached hydrogen (secondary N) is 1. The Hall–Kier alpha value is -0.620. The summed E-state index contributed by atoms with van der Waals surface area (Å²) in [6, 6.07) is 7.57. The molecule has 120 valence electrons. The first kappa shape index (κ1) is 16.2. The summed E-state index contributed by atoms with van der Waals surface area (Å²) in [6.07, 6.45) is 3.30. The van der Waals surface area contributed by atoms with Crippen molar-refractivity contribution >= 4 is 28.6 Å². The van der Waals surface area contributed by atoms with Crippen molar-refractivity contribution in [2.75, 3.05) is 7.11 Å². The van der Waals surface area contributed by atoms with E-state index in [0.29, 0.717) is 12.0 Å². The van der Waals surface area contributed by atoms with Crippen LogP contribution in [0.15, 0.2) is 18.2 Å². The molecule has 0 aromatic heterocycles. The second-order valence-corrected chi connectivity index (χ2v) is 8.04. The third kappa shape index (κ3) is 2.92. The van der Waals surface area contributed by atoms with Crippen LogP contribution in [0, 0.1) is 9.49 Å². The summed E-state index contributed by atoms with van der Waals surface area (Å²) in [5, 5.41) is 3.60. The third-order valence-corrected chi connectivity index (χ3v) is 6.16. The summed E-state index contributed by atoms with van der Waals surface area (Å²) in [7, 11) is 1.51. The molecule has 0 aliphatic carbocycles. The van der Waals surface area contributed by atoms with Crippen LogP contribution >= 0.6 is 22.6 Å². The van der Waals surface area contributed by atoms with Crippen molar-refractivity contribution in [3.05, 3.63) is 32.9 Å². The molecule has 0 spiro atoms. The van der Waals surface area contributed by atoms with Crippen LogP contribution in [0.4, 0.5) is 0 Å². The van der Waals surface area contributed by atoms with Gasteiger partial charge in [-0.15, -0.1) is 0 Å². The lowest BCUT2D eigenvalue weighted by molar-refractivity contribution is -0.148. The molecule has 2 aliphatic heterocycles. The first-order chi connectivity index (χ1) is 10.5. The minimum absolute atomic E-state index is 0.0514. The smallest absolute Gasteiger partial charge is 0.310 e. The highest BCUT2D eigenvalue weighted by Crippen LogP contribution is 2.43. The highest BCUT2D eigenvalue weighted by atomic mass is 127. The van der Waals surface area contributed by atoms with Gasteiger partial charge < -0.3 is 10.1 Å². The number of carbonyl (C=O) groups is 1. The van der Waals surface area contributed by atoms with Crippen molar-refractivity contribution in [2.24, 2.45) is 5.92 Å². The van der Waals surface area contributed by atoms with E-state index in [1.807, 2.05) is 0 Å². The number of benzene rings is 1. The maximum atomic E-state index is 12.3. The molecule has 4 heteroatoms. The fourth-order valence-electron chi connectivity index (χ4n) is 4.10. The van der Waals surface area contributed by atoms with E-state index in [4.69, 9.17) is 4.74 Å². The number of rotatable bonds is 3. The van der Waals surface area contributed by atoms with Crippen LogP contribution in [0.1, 0.15) is 56.1 Å². The molecule has 2 aliphatic rings. The largest absolute Gasteiger partial charge is 0.469 e. The van der Waals surface area contributed by atoms with Crippen LogP contribution in [-0.2, 0) is 9.53 Å². The van der Waals surface area contributed by atoms with Crippen LogP contribution in [0.3, 0.4) is 0 Å². The van der Waals surface area contributed by atoms with Gasteiger partial charge in [-0.1, -0.05) is 26.0 Å². The normalized spacial score (nSPS) is 30.6. The van der Waals surface area contributed by atoms with Crippen molar-refractivity contribution in [2.45, 2.75) is 57.0 Å². The molecule has 0 amide bonds. The molecule has 3 nitrogen and oxygen atoms in total. The quantitative estimate of drug-likeness (QED) is 0.606. The number of carbonyl (C=O) groups excluding carboxylic acids is 1. The summed E-state index contributed by atoms with van der Waals surface area (Å²) in [5.74, 6) is 0.692. The zero-order valence-electron chi connectivity index (χ0n) is 13.4. The van der Waals surface area contributed by atoms with Crippen LogP contribution in [0.2, 0.25) is 0 Å². The number of hydrogen-bond acceptors (Lipinski definition) is 3. The van der Waals surface area contributed by atoms with Gasteiger partial charge in [0.05, 0.1) is 13.0 Å². The Kier molecular flexibility index (Phi) is 4.78. The average Bonchev–Trinajstić information content (AvgIpc) is 2.87. The molecule has 0 saturated carbocycles. The van der Waals surface area contributed by atoms with Crippen molar-refractivity contribution in [3.63, 3.8) is 0 Å². The van der Waals surface area contributed by atoms with Gasteiger partial charge in [0, 0.05) is 21.6 Å². The van der Waals surface area contributed by atoms with Gasteiger partial charge in [-0.2, -0.15) is 0 Å². The van der Waals surface area contributed by atoms with E-state index >= 15 is 0 Å². The summed E-state index contributed by atoms with van der Waals surface area (Å²) in [4.78, 5) is 12.3. The summed E-state index contributed by atoms with van der Waals surface area (Å²) in [6.45, 7) is 4.44. The van der Waals surface area contributed by atoms with Crippen molar-refractivity contribution in [1.82, 2.24) is 5.32 Å². The second kappa shape index (κ2) is 6.48. The lowest BCUT2D eigenvalue weighted by atomic mass is 9.76. The Morgan fingerprint density at radius 3 is 2.77 bits per heavy atom. The topological polar surface area (TPSA) is 38.3 Å². The molecule has 1 N–H and O–H groups in total. The molecule has 2 bridgehead atoms. The molecular formula is C18H24INO2. The molecule has 2 heterocycles. The Bertz CT molecular complexity index is 572. The summed E-state index contributed by atoms with van der Waals surface area (Å²) < 4.78 is 6.41. The van der Waals surface area contributed by atoms with Gasteiger partial charge in [-0.3, -0.25) is 4.79 Å². The van der Waals surface area contributed by atoms with Crippen LogP contribution in [0.5, 0.6) is 0 Å². The average molecular weight is 412 g/mol. The number of fused-ring (bicyclic) bond motifs is 2. The van der Waals surface area contributed by atoms with Crippen LogP contribution < -0.4 is 5.32 Å². The van der Waals surface area contributed by atoms with Gasteiger partial charge in [0.25, 0.3) is 0 Å². The number of methoxy groups -OCH3 is 1. The van der Waals surface area contributed by atoms with Crippen molar-refractivity contribution < 1.29 is 9.53 Å².